The van der Waals surface area contributed by atoms with Crippen molar-refractivity contribution < 1.29 is 14.2 Å². The first kappa shape index (κ1) is 12.1. The van der Waals surface area contributed by atoms with Crippen molar-refractivity contribution in [2.45, 2.75) is 18.6 Å². The molecule has 2 aliphatic heterocycles. The van der Waals surface area contributed by atoms with Gasteiger partial charge in [-0.15, -0.1) is 0 Å². The van der Waals surface area contributed by atoms with Crippen molar-refractivity contribution in [3.8, 4) is 11.3 Å². The van der Waals surface area contributed by atoms with Crippen LogP contribution < -0.4 is 0 Å². The Kier molecular flexibility index (Phi) is 2.65. The van der Waals surface area contributed by atoms with Crippen LogP contribution in [0.25, 0.3) is 11.3 Å². The molecule has 0 aliphatic carbocycles. The number of halogens is 1. The first-order chi connectivity index (χ1) is 9.75. The van der Waals surface area contributed by atoms with E-state index in [2.05, 4.69) is 4.98 Å². The minimum atomic E-state index is -0.403. The van der Waals surface area contributed by atoms with Crippen molar-refractivity contribution in [3.05, 3.63) is 42.1 Å². The number of aromatic nitrogens is 2. The number of aliphatic hydroxyl groups excluding tert-OH is 1. The van der Waals surface area contributed by atoms with Crippen molar-refractivity contribution in [1.29, 1.82) is 0 Å². The van der Waals surface area contributed by atoms with Gasteiger partial charge in [-0.1, -0.05) is 6.07 Å². The molecule has 1 N–H and O–H groups in total. The molecule has 1 saturated heterocycles. The zero-order chi connectivity index (χ0) is 13.7. The van der Waals surface area contributed by atoms with Crippen molar-refractivity contribution in [2.75, 3.05) is 13.2 Å². The first-order valence-corrected chi connectivity index (χ1v) is 6.83. The van der Waals surface area contributed by atoms with Gasteiger partial charge in [0.05, 0.1) is 37.0 Å². The van der Waals surface area contributed by atoms with Crippen LogP contribution in [0.3, 0.4) is 0 Å². The maximum atomic E-state index is 13.5. The Morgan fingerprint density at radius 1 is 1.40 bits per heavy atom. The van der Waals surface area contributed by atoms with E-state index in [4.69, 9.17) is 4.74 Å². The molecule has 1 aromatic heterocycles. The zero-order valence-electron chi connectivity index (χ0n) is 10.9. The Morgan fingerprint density at radius 3 is 3.15 bits per heavy atom. The average molecular weight is 274 g/mol. The first-order valence-electron chi connectivity index (χ1n) is 6.83. The number of benzene rings is 1. The van der Waals surface area contributed by atoms with Crippen LogP contribution >= 0.6 is 0 Å². The van der Waals surface area contributed by atoms with Gasteiger partial charge in [-0.3, -0.25) is 0 Å². The lowest BCUT2D eigenvalue weighted by molar-refractivity contribution is -0.0481. The van der Waals surface area contributed by atoms with Crippen LogP contribution in [-0.4, -0.2) is 34.0 Å². The van der Waals surface area contributed by atoms with Gasteiger partial charge < -0.3 is 14.4 Å². The van der Waals surface area contributed by atoms with Gasteiger partial charge in [-0.05, 0) is 24.1 Å². The highest BCUT2D eigenvalue weighted by Gasteiger charge is 2.39. The van der Waals surface area contributed by atoms with Gasteiger partial charge in [0.15, 0.2) is 0 Å². The summed E-state index contributed by atoms with van der Waals surface area (Å²) in [5, 5.41) is 10.3. The smallest absolute Gasteiger partial charge is 0.123 e. The summed E-state index contributed by atoms with van der Waals surface area (Å²) in [6.45, 7) is 1.11. The lowest BCUT2D eigenvalue weighted by atomic mass is 9.86. The van der Waals surface area contributed by atoms with Gasteiger partial charge in [-0.25, -0.2) is 9.37 Å². The third kappa shape index (κ3) is 1.63. The lowest BCUT2D eigenvalue weighted by Gasteiger charge is -2.33. The van der Waals surface area contributed by atoms with E-state index in [-0.39, 0.29) is 17.8 Å². The van der Waals surface area contributed by atoms with E-state index in [0.29, 0.717) is 19.6 Å². The lowest BCUT2D eigenvalue weighted by Crippen LogP contribution is -2.37. The summed E-state index contributed by atoms with van der Waals surface area (Å²) in [6, 6.07) is 4.79. The Labute approximate surface area is 115 Å². The maximum Gasteiger partial charge on any atom is 0.123 e. The average Bonchev–Trinajstić information content (AvgIpc) is 3.00. The van der Waals surface area contributed by atoms with Crippen molar-refractivity contribution in [1.82, 2.24) is 9.55 Å². The van der Waals surface area contributed by atoms with Gasteiger partial charge in [0.25, 0.3) is 0 Å². The molecule has 2 aromatic rings. The largest absolute Gasteiger partial charge is 0.393 e. The summed E-state index contributed by atoms with van der Waals surface area (Å²) in [4.78, 5) is 4.16. The van der Waals surface area contributed by atoms with E-state index in [1.54, 1.807) is 18.6 Å². The number of hydrogen-bond acceptors (Lipinski definition) is 3. The second kappa shape index (κ2) is 4.40. The number of imidazole rings is 1. The number of ether oxygens (including phenoxy) is 1. The quantitative estimate of drug-likeness (QED) is 0.865. The molecular formula is C15H15FN2O2. The number of fused-ring (bicyclic) bond motifs is 3. The van der Waals surface area contributed by atoms with Crippen molar-refractivity contribution in [3.63, 3.8) is 0 Å². The third-order valence-corrected chi connectivity index (χ3v) is 4.34. The summed E-state index contributed by atoms with van der Waals surface area (Å²) in [6.07, 6.45) is 3.73. The molecule has 0 spiro atoms. The highest BCUT2D eigenvalue weighted by molar-refractivity contribution is 5.69. The summed E-state index contributed by atoms with van der Waals surface area (Å²) in [5.41, 5.74) is 2.81. The van der Waals surface area contributed by atoms with E-state index >= 15 is 0 Å². The van der Waals surface area contributed by atoms with Gasteiger partial charge in [0.1, 0.15) is 5.82 Å². The fraction of sp³-hybridized carbons (Fsp3) is 0.400. The molecule has 0 amide bonds. The molecule has 0 unspecified atom stereocenters. The van der Waals surface area contributed by atoms with Crippen LogP contribution in [0, 0.1) is 11.7 Å². The summed E-state index contributed by atoms with van der Waals surface area (Å²) in [7, 11) is 0. The van der Waals surface area contributed by atoms with Gasteiger partial charge in [-0.2, -0.15) is 0 Å². The molecule has 4 nitrogen and oxygen atoms in total. The second-order valence-corrected chi connectivity index (χ2v) is 5.46. The zero-order valence-corrected chi connectivity index (χ0v) is 10.9. The van der Waals surface area contributed by atoms with Crippen LogP contribution in [-0.2, 0) is 4.74 Å². The highest BCUT2D eigenvalue weighted by atomic mass is 19.1. The van der Waals surface area contributed by atoms with E-state index < -0.39 is 6.10 Å². The van der Waals surface area contributed by atoms with E-state index in [1.807, 2.05) is 10.6 Å². The summed E-state index contributed by atoms with van der Waals surface area (Å²) >= 11 is 0. The molecule has 3 heterocycles. The molecule has 1 aromatic carbocycles. The molecule has 0 saturated carbocycles. The minimum Gasteiger partial charge on any atom is -0.393 e. The predicted octanol–water partition coefficient (Wildman–Crippen LogP) is 1.99. The van der Waals surface area contributed by atoms with E-state index in [0.717, 1.165) is 16.8 Å². The van der Waals surface area contributed by atoms with Crippen molar-refractivity contribution >= 4 is 0 Å². The fourth-order valence-electron chi connectivity index (χ4n) is 3.38. The fourth-order valence-corrected chi connectivity index (χ4v) is 3.38. The van der Waals surface area contributed by atoms with Crippen LogP contribution in [0.1, 0.15) is 18.0 Å². The molecule has 0 radical (unpaired) electrons. The van der Waals surface area contributed by atoms with Gasteiger partial charge >= 0.3 is 0 Å². The Hall–Kier alpha value is -1.72. The van der Waals surface area contributed by atoms with E-state index in [9.17, 15) is 9.50 Å². The standard InChI is InChI=1S/C15H15FN2O2/c16-9-1-2-10-11(5-9)13-6-17-8-18(13)15(10)12-7-20-4-3-14(12)19/h1-2,5-6,8,12,14-15,19H,3-4,7H2/t12-,14-,15+/m0/s1. The van der Waals surface area contributed by atoms with Crippen molar-refractivity contribution in [2.24, 2.45) is 5.92 Å². The van der Waals surface area contributed by atoms with E-state index in [1.165, 1.54) is 6.07 Å². The van der Waals surface area contributed by atoms with Gasteiger partial charge in [0, 0.05) is 18.1 Å². The van der Waals surface area contributed by atoms with Crippen LogP contribution in [0.2, 0.25) is 0 Å². The Balaban J connectivity index is 1.85. The summed E-state index contributed by atoms with van der Waals surface area (Å²) in [5.74, 6) is -0.277. The minimum absolute atomic E-state index is 0.0246. The SMILES string of the molecule is O[C@H]1CCOC[C@@H]1[C@H]1c2ccc(F)cc2-c2cncn21. The molecule has 20 heavy (non-hydrogen) atoms. The molecule has 5 heteroatoms. The molecule has 0 bridgehead atoms. The maximum absolute atomic E-state index is 13.5. The van der Waals surface area contributed by atoms with Gasteiger partial charge in [0.2, 0.25) is 0 Å². The number of aliphatic hydroxyl groups is 1. The topological polar surface area (TPSA) is 47.3 Å². The van der Waals surface area contributed by atoms with Crippen LogP contribution in [0.5, 0.6) is 0 Å². The monoisotopic (exact) mass is 274 g/mol. The molecule has 104 valence electrons. The number of nitrogens with zero attached hydrogens (tertiary/aromatic N) is 2. The highest BCUT2D eigenvalue weighted by Crippen LogP contribution is 2.45. The molecule has 1 fully saturated rings. The number of hydrogen-bond donors (Lipinski definition) is 1. The third-order valence-electron chi connectivity index (χ3n) is 4.34. The second-order valence-electron chi connectivity index (χ2n) is 5.46. The molecule has 3 atom stereocenters. The number of rotatable bonds is 1. The van der Waals surface area contributed by atoms with Crippen LogP contribution in [0.4, 0.5) is 4.39 Å². The Morgan fingerprint density at radius 2 is 2.30 bits per heavy atom. The predicted molar refractivity (Wildman–Crippen MR) is 70.7 cm³/mol. The normalized spacial score (nSPS) is 28.2. The molecule has 4 rings (SSSR count). The molecule has 2 aliphatic rings. The van der Waals surface area contributed by atoms with Crippen LogP contribution in [0.15, 0.2) is 30.7 Å². The molecular weight excluding hydrogens is 259 g/mol. The Bertz CT molecular complexity index is 655. The summed E-state index contributed by atoms with van der Waals surface area (Å²) < 4.78 is 21.1.